The van der Waals surface area contributed by atoms with Crippen LogP contribution in [0.4, 0.5) is 5.69 Å². The number of fused-ring (bicyclic) bond motifs is 1. The van der Waals surface area contributed by atoms with Crippen molar-refractivity contribution in [1.29, 1.82) is 0 Å². The first-order valence-electron chi connectivity index (χ1n) is 6.53. The Morgan fingerprint density at radius 2 is 2.05 bits per heavy atom. The van der Waals surface area contributed by atoms with Gasteiger partial charge in [-0.05, 0) is 68.5 Å². The van der Waals surface area contributed by atoms with Crippen molar-refractivity contribution in [1.82, 2.24) is 0 Å². The molecule has 0 saturated heterocycles. The summed E-state index contributed by atoms with van der Waals surface area (Å²) < 4.78 is 0. The molecule has 19 heavy (non-hydrogen) atoms. The molecule has 2 N–H and O–H groups in total. The van der Waals surface area contributed by atoms with E-state index < -0.39 is 0 Å². The molecule has 102 valence electrons. The second-order valence-corrected chi connectivity index (χ2v) is 5.62. The summed E-state index contributed by atoms with van der Waals surface area (Å²) in [6.45, 7) is 2.80. The van der Waals surface area contributed by atoms with Crippen LogP contribution in [-0.4, -0.2) is 11.7 Å². The minimum absolute atomic E-state index is 0.592. The van der Waals surface area contributed by atoms with Crippen LogP contribution >= 0.6 is 23.2 Å². The molecular weight excluding hydrogens is 279 g/mol. The number of hydrogen-bond donors (Lipinski definition) is 1. The number of hydrogen-bond acceptors (Lipinski definition) is 2. The Balaban J connectivity index is 2.38. The Hall–Kier alpha value is -0.830. The standard InChI is InChI=1S/C15H18Cl2N2/c1-10-4-5-11-9-12(16)6-7-14(11)19-15(17)13(10)3-2-8-18/h6-7,9H,2-5,8,18H2,1H3. The fourth-order valence-electron chi connectivity index (χ4n) is 2.28. The molecule has 4 heteroatoms. The molecule has 1 aliphatic heterocycles. The second-order valence-electron chi connectivity index (χ2n) is 4.83. The highest BCUT2D eigenvalue weighted by atomic mass is 35.5. The van der Waals surface area contributed by atoms with Gasteiger partial charge in [0.15, 0.2) is 0 Å². The summed E-state index contributed by atoms with van der Waals surface area (Å²) in [4.78, 5) is 4.55. The fourth-order valence-corrected chi connectivity index (χ4v) is 2.82. The van der Waals surface area contributed by atoms with E-state index in [-0.39, 0.29) is 0 Å². The van der Waals surface area contributed by atoms with E-state index >= 15 is 0 Å². The number of nitrogens with zero attached hydrogens (tertiary/aromatic N) is 1. The maximum Gasteiger partial charge on any atom is 0.132 e. The summed E-state index contributed by atoms with van der Waals surface area (Å²) in [6, 6.07) is 5.76. The van der Waals surface area contributed by atoms with Crippen LogP contribution in [0, 0.1) is 0 Å². The Kier molecular flexibility index (Phi) is 5.03. The molecule has 0 unspecified atom stereocenters. The molecule has 1 aromatic rings. The lowest BCUT2D eigenvalue weighted by atomic mass is 9.96. The SMILES string of the molecule is CC1=C(CCCN)C(Cl)=Nc2ccc(Cl)cc2CC1. The summed E-state index contributed by atoms with van der Waals surface area (Å²) in [5, 5.41) is 1.34. The monoisotopic (exact) mass is 296 g/mol. The number of aliphatic imine (C=N–C) groups is 1. The molecule has 2 rings (SSSR count). The zero-order valence-electron chi connectivity index (χ0n) is 11.0. The molecule has 1 heterocycles. The quantitative estimate of drug-likeness (QED) is 0.869. The second kappa shape index (κ2) is 6.56. The van der Waals surface area contributed by atoms with E-state index in [2.05, 4.69) is 11.9 Å². The third kappa shape index (κ3) is 3.59. The van der Waals surface area contributed by atoms with Crippen LogP contribution in [-0.2, 0) is 6.42 Å². The first-order valence-corrected chi connectivity index (χ1v) is 7.29. The van der Waals surface area contributed by atoms with Gasteiger partial charge in [-0.25, -0.2) is 4.99 Å². The minimum atomic E-state index is 0.592. The normalized spacial score (nSPS) is 15.7. The summed E-state index contributed by atoms with van der Waals surface area (Å²) in [6.07, 6.45) is 3.76. The van der Waals surface area contributed by atoms with Crippen LogP contribution in [0.2, 0.25) is 5.02 Å². The lowest BCUT2D eigenvalue weighted by Gasteiger charge is -2.16. The molecule has 1 aromatic carbocycles. The molecule has 2 nitrogen and oxygen atoms in total. The number of aryl methyl sites for hydroxylation is 1. The average molecular weight is 297 g/mol. The van der Waals surface area contributed by atoms with Crippen LogP contribution in [0.15, 0.2) is 34.3 Å². The number of halogens is 2. The van der Waals surface area contributed by atoms with Gasteiger partial charge in [-0.2, -0.15) is 0 Å². The first-order chi connectivity index (χ1) is 9.11. The Morgan fingerprint density at radius 1 is 1.26 bits per heavy atom. The van der Waals surface area contributed by atoms with Crippen molar-refractivity contribution in [3.05, 3.63) is 39.9 Å². The van der Waals surface area contributed by atoms with Crippen molar-refractivity contribution in [3.8, 4) is 0 Å². The first kappa shape index (κ1) is 14.6. The average Bonchev–Trinajstić information content (AvgIpc) is 2.38. The van der Waals surface area contributed by atoms with Crippen molar-refractivity contribution < 1.29 is 0 Å². The zero-order chi connectivity index (χ0) is 13.8. The maximum absolute atomic E-state index is 6.38. The van der Waals surface area contributed by atoms with Gasteiger partial charge in [0.05, 0.1) is 5.69 Å². The lowest BCUT2D eigenvalue weighted by Crippen LogP contribution is -2.06. The molecular formula is C15H18Cl2N2. The van der Waals surface area contributed by atoms with Crippen LogP contribution in [0.3, 0.4) is 0 Å². The van der Waals surface area contributed by atoms with Gasteiger partial charge in [0, 0.05) is 5.02 Å². The summed E-state index contributed by atoms with van der Waals surface area (Å²) >= 11 is 12.4. The molecule has 0 saturated carbocycles. The molecule has 1 aliphatic rings. The number of allylic oxidation sites excluding steroid dienone is 2. The van der Waals surface area contributed by atoms with E-state index in [0.29, 0.717) is 11.7 Å². The van der Waals surface area contributed by atoms with E-state index in [1.54, 1.807) is 0 Å². The van der Waals surface area contributed by atoms with Crippen molar-refractivity contribution in [2.75, 3.05) is 6.54 Å². The molecule has 0 radical (unpaired) electrons. The number of benzene rings is 1. The van der Waals surface area contributed by atoms with Gasteiger partial charge < -0.3 is 5.73 Å². The van der Waals surface area contributed by atoms with E-state index in [9.17, 15) is 0 Å². The van der Waals surface area contributed by atoms with Gasteiger partial charge >= 0.3 is 0 Å². The number of rotatable bonds is 3. The van der Waals surface area contributed by atoms with Gasteiger partial charge in [0.2, 0.25) is 0 Å². The van der Waals surface area contributed by atoms with Gasteiger partial charge in [0.1, 0.15) is 5.17 Å². The highest BCUT2D eigenvalue weighted by Gasteiger charge is 2.14. The molecule has 0 atom stereocenters. The Morgan fingerprint density at radius 3 is 2.79 bits per heavy atom. The molecule has 0 fully saturated rings. The van der Waals surface area contributed by atoms with Crippen molar-refractivity contribution in [3.63, 3.8) is 0 Å². The van der Waals surface area contributed by atoms with Crippen molar-refractivity contribution in [2.45, 2.75) is 32.6 Å². The van der Waals surface area contributed by atoms with Gasteiger partial charge in [-0.1, -0.05) is 28.8 Å². The minimum Gasteiger partial charge on any atom is -0.330 e. The highest BCUT2D eigenvalue weighted by molar-refractivity contribution is 6.70. The predicted octanol–water partition coefficient (Wildman–Crippen LogP) is 4.61. The zero-order valence-corrected chi connectivity index (χ0v) is 12.6. The molecule has 0 bridgehead atoms. The Labute approximate surface area is 124 Å². The maximum atomic E-state index is 6.38. The third-order valence-electron chi connectivity index (χ3n) is 3.42. The van der Waals surface area contributed by atoms with E-state index in [1.807, 2.05) is 18.2 Å². The molecule has 0 spiro atoms. The lowest BCUT2D eigenvalue weighted by molar-refractivity contribution is 0.820. The van der Waals surface area contributed by atoms with Gasteiger partial charge in [0.25, 0.3) is 0 Å². The fraction of sp³-hybridized carbons (Fsp3) is 0.400. The highest BCUT2D eigenvalue weighted by Crippen LogP contribution is 2.31. The van der Waals surface area contributed by atoms with Crippen molar-refractivity contribution >= 4 is 34.1 Å². The van der Waals surface area contributed by atoms with Crippen molar-refractivity contribution in [2.24, 2.45) is 10.7 Å². The van der Waals surface area contributed by atoms with Gasteiger partial charge in [-0.3, -0.25) is 0 Å². The van der Waals surface area contributed by atoms with E-state index in [1.165, 1.54) is 5.57 Å². The smallest absolute Gasteiger partial charge is 0.132 e. The largest absolute Gasteiger partial charge is 0.330 e. The predicted molar refractivity (Wildman–Crippen MR) is 83.7 cm³/mol. The van der Waals surface area contributed by atoms with E-state index in [0.717, 1.165) is 47.5 Å². The number of nitrogens with two attached hydrogens (primary N) is 1. The molecule has 0 amide bonds. The molecule has 0 aromatic heterocycles. The Bertz CT molecular complexity index is 533. The summed E-state index contributed by atoms with van der Waals surface area (Å²) in [5.74, 6) is 0. The third-order valence-corrected chi connectivity index (χ3v) is 3.97. The van der Waals surface area contributed by atoms with Crippen LogP contribution in [0.5, 0.6) is 0 Å². The summed E-state index contributed by atoms with van der Waals surface area (Å²) in [5.41, 5.74) is 10.1. The van der Waals surface area contributed by atoms with Crippen LogP contribution in [0.25, 0.3) is 0 Å². The van der Waals surface area contributed by atoms with Gasteiger partial charge in [-0.15, -0.1) is 0 Å². The van der Waals surface area contributed by atoms with Crippen LogP contribution in [0.1, 0.15) is 31.7 Å². The topological polar surface area (TPSA) is 38.4 Å². The molecule has 0 aliphatic carbocycles. The van der Waals surface area contributed by atoms with Crippen LogP contribution < -0.4 is 5.73 Å². The summed E-state index contributed by atoms with van der Waals surface area (Å²) in [7, 11) is 0. The van der Waals surface area contributed by atoms with E-state index in [4.69, 9.17) is 28.9 Å².